The van der Waals surface area contributed by atoms with Crippen molar-refractivity contribution in [2.24, 2.45) is 11.8 Å². The highest BCUT2D eigenvalue weighted by molar-refractivity contribution is 5.96. The summed E-state index contributed by atoms with van der Waals surface area (Å²) in [5, 5.41) is 18.3. The number of allylic oxidation sites excluding steroid dienone is 1. The lowest BCUT2D eigenvalue weighted by Gasteiger charge is -2.12. The van der Waals surface area contributed by atoms with Gasteiger partial charge in [-0.15, -0.1) is 0 Å². The molecule has 0 aliphatic heterocycles. The van der Waals surface area contributed by atoms with Crippen molar-refractivity contribution in [1.29, 1.82) is 10.5 Å². The second-order valence-corrected chi connectivity index (χ2v) is 5.16. The van der Waals surface area contributed by atoms with Crippen molar-refractivity contribution in [1.82, 2.24) is 0 Å². The molecule has 23 heavy (non-hydrogen) atoms. The first kappa shape index (κ1) is 16.2. The summed E-state index contributed by atoms with van der Waals surface area (Å²) in [6, 6.07) is 22.5. The predicted octanol–water partition coefficient (Wildman–Crippen LogP) is 4.25. The van der Waals surface area contributed by atoms with E-state index >= 15 is 0 Å². The Balaban J connectivity index is 2.18. The van der Waals surface area contributed by atoms with Crippen LogP contribution in [0.25, 0.3) is 6.08 Å². The minimum Gasteiger partial charge on any atom is -0.294 e. The van der Waals surface area contributed by atoms with Gasteiger partial charge in [0.1, 0.15) is 5.92 Å². The average molecular weight is 300 g/mol. The molecule has 0 radical (unpaired) electrons. The van der Waals surface area contributed by atoms with E-state index in [1.807, 2.05) is 54.6 Å². The van der Waals surface area contributed by atoms with E-state index in [0.29, 0.717) is 5.56 Å². The fourth-order valence-electron chi connectivity index (χ4n) is 2.27. The summed E-state index contributed by atoms with van der Waals surface area (Å²) >= 11 is 0. The lowest BCUT2D eigenvalue weighted by molar-refractivity contribution is 0.0966. The van der Waals surface area contributed by atoms with Gasteiger partial charge in [-0.2, -0.15) is 10.5 Å². The number of hydrogen-bond donors (Lipinski definition) is 0. The molecule has 3 nitrogen and oxygen atoms in total. The van der Waals surface area contributed by atoms with E-state index in [4.69, 9.17) is 10.5 Å². The molecule has 0 aliphatic rings. The third-order valence-corrected chi connectivity index (χ3v) is 3.56. The number of ketones is 1. The summed E-state index contributed by atoms with van der Waals surface area (Å²) in [6.07, 6.45) is 3.77. The molecule has 0 heterocycles. The van der Waals surface area contributed by atoms with E-state index in [-0.39, 0.29) is 12.2 Å². The SMILES string of the molecule is N#CC(C#N)[C@@H](/C=C/c1ccccc1)CC(=O)c1ccccc1. The number of benzene rings is 2. The first-order valence-electron chi connectivity index (χ1n) is 7.35. The van der Waals surface area contributed by atoms with E-state index in [9.17, 15) is 4.79 Å². The first-order chi connectivity index (χ1) is 11.2. The van der Waals surface area contributed by atoms with Gasteiger partial charge in [0.25, 0.3) is 0 Å². The molecular formula is C20H16N2O. The Morgan fingerprint density at radius 1 is 0.957 bits per heavy atom. The van der Waals surface area contributed by atoms with Gasteiger partial charge in [0, 0.05) is 17.9 Å². The molecule has 0 spiro atoms. The van der Waals surface area contributed by atoms with Crippen molar-refractivity contribution in [3.63, 3.8) is 0 Å². The molecule has 0 aliphatic carbocycles. The number of nitriles is 2. The normalized spacial score (nSPS) is 11.8. The lowest BCUT2D eigenvalue weighted by Crippen LogP contribution is -2.14. The smallest absolute Gasteiger partial charge is 0.163 e. The molecule has 0 fully saturated rings. The van der Waals surface area contributed by atoms with Crippen LogP contribution in [0.15, 0.2) is 66.7 Å². The maximum Gasteiger partial charge on any atom is 0.163 e. The Kier molecular flexibility index (Phi) is 5.86. The quantitative estimate of drug-likeness (QED) is 0.749. The molecule has 0 saturated heterocycles. The van der Waals surface area contributed by atoms with E-state index in [2.05, 4.69) is 0 Å². The summed E-state index contributed by atoms with van der Waals surface area (Å²) in [5.41, 5.74) is 1.57. The largest absolute Gasteiger partial charge is 0.294 e. The van der Waals surface area contributed by atoms with Crippen LogP contribution < -0.4 is 0 Å². The van der Waals surface area contributed by atoms with Crippen LogP contribution in [0.4, 0.5) is 0 Å². The molecular weight excluding hydrogens is 284 g/mol. The maximum absolute atomic E-state index is 12.4. The number of hydrogen-bond acceptors (Lipinski definition) is 3. The zero-order chi connectivity index (χ0) is 16.5. The third kappa shape index (κ3) is 4.66. The number of carbonyl (C=O) groups is 1. The molecule has 1 atom stereocenters. The van der Waals surface area contributed by atoms with E-state index < -0.39 is 11.8 Å². The van der Waals surface area contributed by atoms with Crippen LogP contribution in [0.1, 0.15) is 22.3 Å². The Morgan fingerprint density at radius 2 is 1.52 bits per heavy atom. The van der Waals surface area contributed by atoms with Crippen molar-refractivity contribution >= 4 is 11.9 Å². The van der Waals surface area contributed by atoms with Gasteiger partial charge in [-0.3, -0.25) is 4.79 Å². The molecule has 2 aromatic rings. The van der Waals surface area contributed by atoms with E-state index in [0.717, 1.165) is 5.56 Å². The second kappa shape index (κ2) is 8.32. The number of Topliss-reactive ketones (excluding diaryl/α,β-unsaturated/α-hetero) is 1. The van der Waals surface area contributed by atoms with Crippen molar-refractivity contribution in [2.75, 3.05) is 0 Å². The molecule has 3 heteroatoms. The number of rotatable bonds is 6. The monoisotopic (exact) mass is 300 g/mol. The molecule has 0 amide bonds. The molecule has 0 unspecified atom stereocenters. The molecule has 2 aromatic carbocycles. The van der Waals surface area contributed by atoms with Gasteiger partial charge in [0.15, 0.2) is 5.78 Å². The molecule has 0 saturated carbocycles. The highest BCUT2D eigenvalue weighted by Gasteiger charge is 2.22. The van der Waals surface area contributed by atoms with Gasteiger partial charge >= 0.3 is 0 Å². The Labute approximate surface area is 136 Å². The van der Waals surface area contributed by atoms with Crippen molar-refractivity contribution in [3.8, 4) is 12.1 Å². The summed E-state index contributed by atoms with van der Waals surface area (Å²) in [5.74, 6) is -1.34. The van der Waals surface area contributed by atoms with Gasteiger partial charge in [-0.1, -0.05) is 72.8 Å². The minimum atomic E-state index is -0.845. The fourth-order valence-corrected chi connectivity index (χ4v) is 2.27. The van der Waals surface area contributed by atoms with E-state index in [1.54, 1.807) is 30.3 Å². The standard InChI is InChI=1S/C20H16N2O/c21-14-19(15-22)18(12-11-16-7-3-1-4-8-16)13-20(23)17-9-5-2-6-10-17/h1-12,18-19H,13H2/b12-11+/t18-/m0/s1. The summed E-state index contributed by atoms with van der Waals surface area (Å²) < 4.78 is 0. The summed E-state index contributed by atoms with van der Waals surface area (Å²) in [6.45, 7) is 0. The molecule has 112 valence electrons. The predicted molar refractivity (Wildman–Crippen MR) is 89.1 cm³/mol. The van der Waals surface area contributed by atoms with Crippen LogP contribution in [0.5, 0.6) is 0 Å². The first-order valence-corrected chi connectivity index (χ1v) is 7.35. The number of nitrogens with zero attached hydrogens (tertiary/aromatic N) is 2. The minimum absolute atomic E-state index is 0.0659. The van der Waals surface area contributed by atoms with Crippen molar-refractivity contribution in [3.05, 3.63) is 77.9 Å². The molecule has 0 aromatic heterocycles. The molecule has 0 bridgehead atoms. The Bertz CT molecular complexity index is 738. The molecule has 0 N–H and O–H groups in total. The Hall–Kier alpha value is -3.17. The maximum atomic E-state index is 12.4. The highest BCUT2D eigenvalue weighted by atomic mass is 16.1. The second-order valence-electron chi connectivity index (χ2n) is 5.16. The van der Waals surface area contributed by atoms with Crippen LogP contribution in [0, 0.1) is 34.5 Å². The van der Waals surface area contributed by atoms with Gasteiger partial charge in [-0.25, -0.2) is 0 Å². The van der Waals surface area contributed by atoms with Crippen LogP contribution >= 0.6 is 0 Å². The van der Waals surface area contributed by atoms with Gasteiger partial charge in [0.05, 0.1) is 12.1 Å². The van der Waals surface area contributed by atoms with Gasteiger partial charge < -0.3 is 0 Å². The lowest BCUT2D eigenvalue weighted by atomic mass is 9.87. The van der Waals surface area contributed by atoms with Crippen LogP contribution in [-0.4, -0.2) is 5.78 Å². The zero-order valence-corrected chi connectivity index (χ0v) is 12.6. The zero-order valence-electron chi connectivity index (χ0n) is 12.6. The van der Waals surface area contributed by atoms with Crippen LogP contribution in [-0.2, 0) is 0 Å². The topological polar surface area (TPSA) is 64.7 Å². The average Bonchev–Trinajstić information content (AvgIpc) is 2.62. The number of carbonyl (C=O) groups excluding carboxylic acids is 1. The third-order valence-electron chi connectivity index (χ3n) is 3.56. The van der Waals surface area contributed by atoms with E-state index in [1.165, 1.54) is 0 Å². The Morgan fingerprint density at radius 3 is 2.09 bits per heavy atom. The van der Waals surface area contributed by atoms with Gasteiger partial charge in [-0.05, 0) is 5.56 Å². The molecule has 2 rings (SSSR count). The fraction of sp³-hybridized carbons (Fsp3) is 0.150. The highest BCUT2D eigenvalue weighted by Crippen LogP contribution is 2.21. The van der Waals surface area contributed by atoms with Crippen LogP contribution in [0.3, 0.4) is 0 Å². The van der Waals surface area contributed by atoms with Crippen molar-refractivity contribution < 1.29 is 4.79 Å². The van der Waals surface area contributed by atoms with Crippen LogP contribution in [0.2, 0.25) is 0 Å². The summed E-state index contributed by atoms with van der Waals surface area (Å²) in [4.78, 5) is 12.4. The van der Waals surface area contributed by atoms with Gasteiger partial charge in [0.2, 0.25) is 0 Å². The summed E-state index contributed by atoms with van der Waals surface area (Å²) in [7, 11) is 0. The van der Waals surface area contributed by atoms with Crippen molar-refractivity contribution in [2.45, 2.75) is 6.42 Å².